The van der Waals surface area contributed by atoms with Gasteiger partial charge in [0.1, 0.15) is 11.6 Å². The molecule has 0 fully saturated rings. The maximum absolute atomic E-state index is 12.4. The molecule has 4 aromatic rings. The van der Waals surface area contributed by atoms with Crippen molar-refractivity contribution in [3.05, 3.63) is 90.4 Å². The number of nitrogens with zero attached hydrogens (tertiary/aromatic N) is 5. The SMILES string of the molecule is CC(O)CNc1nccc(-n2ccnc2Cc2cccc(NC(=O)c3ccncc3)c2)n1. The minimum atomic E-state index is -0.502. The number of amides is 1. The van der Waals surface area contributed by atoms with E-state index >= 15 is 0 Å². The Hall–Kier alpha value is -4.11. The first-order valence-corrected chi connectivity index (χ1v) is 10.2. The van der Waals surface area contributed by atoms with Crippen LogP contribution in [0.1, 0.15) is 28.7 Å². The molecule has 9 heteroatoms. The highest BCUT2D eigenvalue weighted by molar-refractivity contribution is 6.04. The number of aliphatic hydroxyl groups excluding tert-OH is 1. The Balaban J connectivity index is 1.50. The Bertz CT molecular complexity index is 1190. The second kappa shape index (κ2) is 9.80. The summed E-state index contributed by atoms with van der Waals surface area (Å²) in [5.74, 6) is 1.71. The van der Waals surface area contributed by atoms with Crippen LogP contribution in [-0.4, -0.2) is 48.2 Å². The summed E-state index contributed by atoms with van der Waals surface area (Å²) in [5.41, 5.74) is 2.24. The van der Waals surface area contributed by atoms with Crippen LogP contribution >= 0.6 is 0 Å². The lowest BCUT2D eigenvalue weighted by atomic mass is 10.1. The molecule has 0 bridgehead atoms. The van der Waals surface area contributed by atoms with E-state index in [1.807, 2.05) is 35.0 Å². The van der Waals surface area contributed by atoms with Crippen LogP contribution in [0.3, 0.4) is 0 Å². The van der Waals surface area contributed by atoms with Gasteiger partial charge in [-0.05, 0) is 42.8 Å². The van der Waals surface area contributed by atoms with E-state index < -0.39 is 6.10 Å². The first kappa shape index (κ1) is 21.1. The molecule has 4 rings (SSSR count). The summed E-state index contributed by atoms with van der Waals surface area (Å²) < 4.78 is 1.89. The molecule has 0 saturated heterocycles. The number of carbonyl (C=O) groups is 1. The van der Waals surface area contributed by atoms with Crippen molar-refractivity contribution in [2.45, 2.75) is 19.4 Å². The number of nitrogens with one attached hydrogen (secondary N) is 2. The van der Waals surface area contributed by atoms with Gasteiger partial charge in [0, 0.05) is 55.2 Å². The molecule has 0 aliphatic rings. The van der Waals surface area contributed by atoms with E-state index in [1.165, 1.54) is 0 Å². The summed E-state index contributed by atoms with van der Waals surface area (Å²) in [7, 11) is 0. The van der Waals surface area contributed by atoms with Crippen molar-refractivity contribution in [3.63, 3.8) is 0 Å². The molecule has 0 aliphatic heterocycles. The minimum Gasteiger partial charge on any atom is -0.392 e. The molecule has 0 aliphatic carbocycles. The zero-order valence-corrected chi connectivity index (χ0v) is 17.5. The van der Waals surface area contributed by atoms with Crippen molar-refractivity contribution in [2.24, 2.45) is 0 Å². The van der Waals surface area contributed by atoms with Gasteiger partial charge >= 0.3 is 0 Å². The first-order valence-electron chi connectivity index (χ1n) is 10.2. The summed E-state index contributed by atoms with van der Waals surface area (Å²) in [4.78, 5) is 29.5. The van der Waals surface area contributed by atoms with Gasteiger partial charge in [-0.2, -0.15) is 4.98 Å². The Morgan fingerprint density at radius 3 is 2.75 bits per heavy atom. The predicted octanol–water partition coefficient (Wildman–Crippen LogP) is 2.69. The van der Waals surface area contributed by atoms with E-state index in [1.54, 1.807) is 49.9 Å². The number of hydrogen-bond donors (Lipinski definition) is 3. The van der Waals surface area contributed by atoms with E-state index in [0.29, 0.717) is 36.0 Å². The summed E-state index contributed by atoms with van der Waals surface area (Å²) in [6, 6.07) is 12.8. The molecule has 1 unspecified atom stereocenters. The number of imidazole rings is 1. The van der Waals surface area contributed by atoms with E-state index in [0.717, 1.165) is 11.4 Å². The minimum absolute atomic E-state index is 0.190. The Morgan fingerprint density at radius 2 is 1.94 bits per heavy atom. The van der Waals surface area contributed by atoms with Gasteiger partial charge in [0.25, 0.3) is 5.91 Å². The lowest BCUT2D eigenvalue weighted by Crippen LogP contribution is -2.17. The highest BCUT2D eigenvalue weighted by Crippen LogP contribution is 2.17. The van der Waals surface area contributed by atoms with Crippen LogP contribution in [0.2, 0.25) is 0 Å². The molecule has 9 nitrogen and oxygen atoms in total. The van der Waals surface area contributed by atoms with Crippen molar-refractivity contribution < 1.29 is 9.90 Å². The summed E-state index contributed by atoms with van der Waals surface area (Å²) in [6.45, 7) is 2.05. The molecule has 1 aromatic carbocycles. The van der Waals surface area contributed by atoms with Gasteiger partial charge in [0.05, 0.1) is 6.10 Å². The Morgan fingerprint density at radius 1 is 1.09 bits per heavy atom. The fourth-order valence-corrected chi connectivity index (χ4v) is 3.13. The van der Waals surface area contributed by atoms with Gasteiger partial charge in [0.15, 0.2) is 0 Å². The summed E-state index contributed by atoms with van der Waals surface area (Å²) in [6.07, 6.45) is 8.43. The standard InChI is InChI=1S/C23H23N7O2/c1-16(31)15-27-23-26-10-7-20(29-23)30-12-11-25-21(30)14-17-3-2-4-19(13-17)28-22(32)18-5-8-24-9-6-18/h2-13,16,31H,14-15H2,1H3,(H,28,32)(H,26,27,29). The monoisotopic (exact) mass is 429 g/mol. The fourth-order valence-electron chi connectivity index (χ4n) is 3.13. The van der Waals surface area contributed by atoms with Crippen molar-refractivity contribution in [3.8, 4) is 5.82 Å². The quantitative estimate of drug-likeness (QED) is 0.394. The van der Waals surface area contributed by atoms with Crippen molar-refractivity contribution in [1.29, 1.82) is 0 Å². The highest BCUT2D eigenvalue weighted by Gasteiger charge is 2.10. The topological polar surface area (TPSA) is 118 Å². The third-order valence-corrected chi connectivity index (χ3v) is 4.65. The normalized spacial score (nSPS) is 11.7. The maximum Gasteiger partial charge on any atom is 0.255 e. The first-order chi connectivity index (χ1) is 15.6. The van der Waals surface area contributed by atoms with Gasteiger partial charge in [-0.1, -0.05) is 12.1 Å². The largest absolute Gasteiger partial charge is 0.392 e. The van der Waals surface area contributed by atoms with Crippen molar-refractivity contribution >= 4 is 17.5 Å². The molecule has 1 amide bonds. The third kappa shape index (κ3) is 5.32. The van der Waals surface area contributed by atoms with Crippen molar-refractivity contribution in [1.82, 2.24) is 24.5 Å². The number of hydrogen-bond acceptors (Lipinski definition) is 7. The summed E-state index contributed by atoms with van der Waals surface area (Å²) in [5, 5.41) is 15.4. The number of aromatic nitrogens is 5. The van der Waals surface area contributed by atoms with E-state index in [-0.39, 0.29) is 5.91 Å². The Kier molecular flexibility index (Phi) is 6.47. The van der Waals surface area contributed by atoms with Crippen LogP contribution in [-0.2, 0) is 6.42 Å². The zero-order valence-electron chi connectivity index (χ0n) is 17.5. The van der Waals surface area contributed by atoms with Crippen LogP contribution in [0.4, 0.5) is 11.6 Å². The molecule has 0 radical (unpaired) electrons. The average Bonchev–Trinajstić information content (AvgIpc) is 3.27. The van der Waals surface area contributed by atoms with Crippen LogP contribution < -0.4 is 10.6 Å². The molecule has 3 aromatic heterocycles. The molecule has 162 valence electrons. The van der Waals surface area contributed by atoms with Gasteiger partial charge in [-0.25, -0.2) is 9.97 Å². The lowest BCUT2D eigenvalue weighted by Gasteiger charge is -2.11. The van der Waals surface area contributed by atoms with Gasteiger partial charge in [-0.15, -0.1) is 0 Å². The second-order valence-electron chi connectivity index (χ2n) is 7.25. The molecular formula is C23H23N7O2. The van der Waals surface area contributed by atoms with Crippen LogP contribution in [0.25, 0.3) is 5.82 Å². The van der Waals surface area contributed by atoms with Crippen LogP contribution in [0.5, 0.6) is 0 Å². The van der Waals surface area contributed by atoms with Crippen LogP contribution in [0.15, 0.2) is 73.4 Å². The third-order valence-electron chi connectivity index (χ3n) is 4.65. The lowest BCUT2D eigenvalue weighted by molar-refractivity contribution is 0.102. The molecule has 0 spiro atoms. The average molecular weight is 429 g/mol. The number of carbonyl (C=O) groups excluding carboxylic acids is 1. The Labute approximate surface area is 185 Å². The summed E-state index contributed by atoms with van der Waals surface area (Å²) >= 11 is 0. The maximum atomic E-state index is 12.4. The fraction of sp³-hybridized carbons (Fsp3) is 0.174. The van der Waals surface area contributed by atoms with Crippen LogP contribution in [0, 0.1) is 0 Å². The van der Waals surface area contributed by atoms with Gasteiger partial charge in [0.2, 0.25) is 5.95 Å². The number of anilines is 2. The molecule has 32 heavy (non-hydrogen) atoms. The zero-order chi connectivity index (χ0) is 22.3. The van der Waals surface area contributed by atoms with Gasteiger partial charge < -0.3 is 15.7 Å². The predicted molar refractivity (Wildman–Crippen MR) is 121 cm³/mol. The molecule has 3 N–H and O–H groups in total. The number of benzene rings is 1. The van der Waals surface area contributed by atoms with E-state index in [4.69, 9.17) is 0 Å². The molecule has 3 heterocycles. The molecule has 1 atom stereocenters. The highest BCUT2D eigenvalue weighted by atomic mass is 16.3. The smallest absolute Gasteiger partial charge is 0.255 e. The van der Waals surface area contributed by atoms with E-state index in [2.05, 4.69) is 30.6 Å². The number of rotatable bonds is 8. The number of pyridine rings is 1. The van der Waals surface area contributed by atoms with Crippen molar-refractivity contribution in [2.75, 3.05) is 17.2 Å². The molecular weight excluding hydrogens is 406 g/mol. The second-order valence-corrected chi connectivity index (χ2v) is 7.25. The number of aliphatic hydroxyl groups is 1. The van der Waals surface area contributed by atoms with Gasteiger partial charge in [-0.3, -0.25) is 14.3 Å². The molecule has 0 saturated carbocycles. The van der Waals surface area contributed by atoms with E-state index in [9.17, 15) is 9.90 Å².